The van der Waals surface area contributed by atoms with Crippen LogP contribution >= 0.6 is 0 Å². The number of hydrogen-bond donors (Lipinski definition) is 0. The lowest BCUT2D eigenvalue weighted by atomic mass is 9.66. The van der Waals surface area contributed by atoms with Crippen LogP contribution in [0.15, 0.2) is 84.9 Å². The van der Waals surface area contributed by atoms with Crippen molar-refractivity contribution >= 4 is 0 Å². The van der Waals surface area contributed by atoms with Gasteiger partial charge in [0, 0.05) is 23.7 Å². The smallest absolute Gasteiger partial charge is 0.0149 e. The van der Waals surface area contributed by atoms with E-state index in [0.717, 1.165) is 0 Å². The molecule has 0 nitrogen and oxygen atoms in total. The van der Waals surface area contributed by atoms with E-state index in [2.05, 4.69) is 113 Å². The fourth-order valence-corrected chi connectivity index (χ4v) is 9.84. The van der Waals surface area contributed by atoms with E-state index in [-0.39, 0.29) is 10.8 Å². The lowest BCUT2D eigenvalue weighted by molar-refractivity contribution is 0.432. The van der Waals surface area contributed by atoms with Gasteiger partial charge in [-0.3, -0.25) is 0 Å². The molecular formula is C38H42. The van der Waals surface area contributed by atoms with E-state index >= 15 is 0 Å². The molecule has 0 N–H and O–H groups in total. The zero-order valence-corrected chi connectivity index (χ0v) is 23.6. The minimum absolute atomic E-state index is 0.0861. The Morgan fingerprint density at radius 2 is 0.737 bits per heavy atom. The second-order valence-electron chi connectivity index (χ2n) is 13.5. The molecule has 4 atom stereocenters. The summed E-state index contributed by atoms with van der Waals surface area (Å²) in [4.78, 5) is 0. The molecule has 0 saturated heterocycles. The molecule has 0 heterocycles. The van der Waals surface area contributed by atoms with Gasteiger partial charge in [0.05, 0.1) is 0 Å². The Balaban J connectivity index is 1.28. The van der Waals surface area contributed by atoms with Gasteiger partial charge in [0.15, 0.2) is 0 Å². The third kappa shape index (κ3) is 3.61. The number of hydrogen-bond acceptors (Lipinski definition) is 0. The van der Waals surface area contributed by atoms with Crippen LogP contribution in [0.1, 0.15) is 88.5 Å². The number of fused-ring (bicyclic) bond motifs is 2. The molecule has 0 aromatic heterocycles. The Kier molecular flexibility index (Phi) is 5.92. The second kappa shape index (κ2) is 9.11. The highest BCUT2D eigenvalue weighted by Crippen LogP contribution is 2.68. The Morgan fingerprint density at radius 1 is 0.421 bits per heavy atom. The van der Waals surface area contributed by atoms with Crippen LogP contribution in [-0.4, -0.2) is 0 Å². The van der Waals surface area contributed by atoms with Crippen molar-refractivity contribution in [3.8, 4) is 0 Å². The molecule has 4 unspecified atom stereocenters. The summed E-state index contributed by atoms with van der Waals surface area (Å²) in [6.07, 6.45) is 8.06. The minimum atomic E-state index is 0.0861. The van der Waals surface area contributed by atoms with Gasteiger partial charge in [0.1, 0.15) is 0 Å². The average molecular weight is 499 g/mol. The highest BCUT2D eigenvalue weighted by molar-refractivity contribution is 5.57. The molecule has 4 saturated carbocycles. The molecule has 0 bridgehead atoms. The van der Waals surface area contributed by atoms with Crippen LogP contribution in [0.2, 0.25) is 0 Å². The maximum Gasteiger partial charge on any atom is 0.0149 e. The third-order valence-electron chi connectivity index (χ3n) is 10.9. The van der Waals surface area contributed by atoms with Gasteiger partial charge in [-0.25, -0.2) is 0 Å². The first-order valence-corrected chi connectivity index (χ1v) is 15.1. The first-order valence-electron chi connectivity index (χ1n) is 15.1. The van der Waals surface area contributed by atoms with Crippen molar-refractivity contribution in [3.05, 3.63) is 131 Å². The molecule has 0 spiro atoms. The highest BCUT2D eigenvalue weighted by atomic mass is 14.6. The van der Waals surface area contributed by atoms with Crippen molar-refractivity contribution in [2.24, 2.45) is 34.5 Å². The van der Waals surface area contributed by atoms with Crippen LogP contribution in [0.25, 0.3) is 0 Å². The summed E-state index contributed by atoms with van der Waals surface area (Å²) in [5, 5.41) is 0. The summed E-state index contributed by atoms with van der Waals surface area (Å²) >= 11 is 0. The Hall–Kier alpha value is -2.34. The van der Waals surface area contributed by atoms with Crippen molar-refractivity contribution in [2.75, 3.05) is 0 Å². The molecule has 3 aromatic carbocycles. The summed E-state index contributed by atoms with van der Waals surface area (Å²) in [6, 6.07) is 32.4. The summed E-state index contributed by atoms with van der Waals surface area (Å²) in [5.74, 6) is 9.53. The predicted octanol–water partition coefficient (Wildman–Crippen LogP) is 9.69. The molecule has 7 rings (SSSR count). The number of rotatable bonds is 4. The molecule has 4 aliphatic rings. The summed E-state index contributed by atoms with van der Waals surface area (Å²) < 4.78 is 0. The zero-order chi connectivity index (χ0) is 26.1. The van der Waals surface area contributed by atoms with E-state index in [1.165, 1.54) is 60.8 Å². The predicted molar refractivity (Wildman–Crippen MR) is 158 cm³/mol. The summed E-state index contributed by atoms with van der Waals surface area (Å²) in [5.41, 5.74) is 6.10. The Morgan fingerprint density at radius 3 is 1.11 bits per heavy atom. The number of benzene rings is 3. The molecule has 38 heavy (non-hydrogen) atoms. The van der Waals surface area contributed by atoms with Gasteiger partial charge in [-0.05, 0) is 82.4 Å². The largest absolute Gasteiger partial charge is 0.0622 e. The summed E-state index contributed by atoms with van der Waals surface area (Å²) in [6.45, 7) is 10.0. The van der Waals surface area contributed by atoms with Crippen LogP contribution in [0.3, 0.4) is 0 Å². The molecule has 0 amide bonds. The Bertz CT molecular complexity index is 1170. The van der Waals surface area contributed by atoms with Crippen molar-refractivity contribution < 1.29 is 0 Å². The van der Waals surface area contributed by atoms with Gasteiger partial charge < -0.3 is 0 Å². The molecule has 4 aliphatic carbocycles. The lowest BCUT2D eigenvalue weighted by Crippen LogP contribution is -2.28. The molecule has 4 radical (unpaired) electrons. The highest BCUT2D eigenvalue weighted by Gasteiger charge is 2.60. The van der Waals surface area contributed by atoms with Crippen LogP contribution in [-0.2, 0) is 0 Å². The van der Waals surface area contributed by atoms with Crippen molar-refractivity contribution in [1.82, 2.24) is 0 Å². The Labute approximate surface area is 231 Å². The normalized spacial score (nSPS) is 31.1. The van der Waals surface area contributed by atoms with Crippen LogP contribution < -0.4 is 0 Å². The van der Waals surface area contributed by atoms with Gasteiger partial charge in [-0.15, -0.1) is 0 Å². The first-order chi connectivity index (χ1) is 18.4. The summed E-state index contributed by atoms with van der Waals surface area (Å²) in [7, 11) is 0. The molecule has 194 valence electrons. The van der Waals surface area contributed by atoms with E-state index in [1.54, 1.807) is 23.7 Å². The maximum atomic E-state index is 2.61. The molecule has 0 aliphatic heterocycles. The van der Waals surface area contributed by atoms with Gasteiger partial charge in [0.25, 0.3) is 0 Å². The molecule has 3 aromatic rings. The monoisotopic (exact) mass is 498 g/mol. The maximum absolute atomic E-state index is 2.61. The van der Waals surface area contributed by atoms with E-state index in [1.807, 2.05) is 0 Å². The van der Waals surface area contributed by atoms with E-state index in [4.69, 9.17) is 0 Å². The van der Waals surface area contributed by atoms with Crippen LogP contribution in [0.5, 0.6) is 0 Å². The first kappa shape index (κ1) is 24.7. The second-order valence-corrected chi connectivity index (χ2v) is 13.5. The van der Waals surface area contributed by atoms with Crippen LogP contribution in [0, 0.1) is 58.2 Å². The SMILES string of the molecule is CC1(C)[C](c2ccccc2)C2CCCC2[C]1c1cccc([C]2C3CCCC3[C](c3ccccc3)C2(C)C)c1. The zero-order valence-electron chi connectivity index (χ0n) is 23.6. The minimum Gasteiger partial charge on any atom is -0.0622 e. The van der Waals surface area contributed by atoms with Gasteiger partial charge >= 0.3 is 0 Å². The van der Waals surface area contributed by atoms with Crippen LogP contribution in [0.4, 0.5) is 0 Å². The lowest BCUT2D eigenvalue weighted by Gasteiger charge is -2.37. The van der Waals surface area contributed by atoms with Crippen molar-refractivity contribution in [3.63, 3.8) is 0 Å². The standard InChI is InChI=1S/C38H42/c1-37(2)33(25-14-7-5-8-15-25)29-20-12-22-31(29)35(37)27-18-11-19-28(24-27)36-32-23-13-21-30(32)34(38(36,3)4)26-16-9-6-10-17-26/h5-11,14-19,24,29-32H,12-13,20-23H2,1-4H3. The van der Waals surface area contributed by atoms with Crippen molar-refractivity contribution in [2.45, 2.75) is 66.2 Å². The quantitative estimate of drug-likeness (QED) is 0.336. The topological polar surface area (TPSA) is 0 Å². The fraction of sp³-hybridized carbons (Fsp3) is 0.421. The molecular weight excluding hydrogens is 456 g/mol. The third-order valence-corrected chi connectivity index (χ3v) is 10.9. The van der Waals surface area contributed by atoms with Gasteiger partial charge in [0.2, 0.25) is 0 Å². The van der Waals surface area contributed by atoms with E-state index in [9.17, 15) is 0 Å². The molecule has 0 heteroatoms. The van der Waals surface area contributed by atoms with Crippen molar-refractivity contribution in [1.29, 1.82) is 0 Å². The van der Waals surface area contributed by atoms with E-state index < -0.39 is 0 Å². The average Bonchev–Trinajstić information content (AvgIpc) is 3.64. The van der Waals surface area contributed by atoms with E-state index in [0.29, 0.717) is 23.7 Å². The van der Waals surface area contributed by atoms with Gasteiger partial charge in [-0.2, -0.15) is 0 Å². The van der Waals surface area contributed by atoms with Gasteiger partial charge in [-0.1, -0.05) is 125 Å². The molecule has 4 fully saturated rings. The fourth-order valence-electron chi connectivity index (χ4n) is 9.84.